The summed E-state index contributed by atoms with van der Waals surface area (Å²) in [5.41, 5.74) is 2.96. The largest absolute Gasteiger partial charge is 0.494 e. The number of anilines is 1. The Balaban J connectivity index is 1.42. The zero-order valence-electron chi connectivity index (χ0n) is 21.2. The van der Waals surface area contributed by atoms with E-state index in [1.807, 2.05) is 79.7 Å². The van der Waals surface area contributed by atoms with E-state index in [0.717, 1.165) is 27.5 Å². The molecule has 0 bridgehead atoms. The number of fused-ring (bicyclic) bond motifs is 7. The van der Waals surface area contributed by atoms with E-state index in [2.05, 4.69) is 0 Å². The third-order valence-electron chi connectivity index (χ3n) is 8.07. The second-order valence-electron chi connectivity index (χ2n) is 10.1. The molecule has 4 aromatic carbocycles. The van der Waals surface area contributed by atoms with Gasteiger partial charge in [0.15, 0.2) is 0 Å². The summed E-state index contributed by atoms with van der Waals surface area (Å²) < 4.78 is 11.4. The van der Waals surface area contributed by atoms with Gasteiger partial charge in [-0.05, 0) is 59.2 Å². The Morgan fingerprint density at radius 1 is 0.795 bits per heavy atom. The average Bonchev–Trinajstić information content (AvgIpc) is 3.23. The molecule has 1 aliphatic carbocycles. The lowest BCUT2D eigenvalue weighted by Crippen LogP contribution is -2.42. The molecular weight excluding hydrogens is 490 g/mol. The average molecular weight is 516 g/mol. The van der Waals surface area contributed by atoms with Crippen molar-refractivity contribution in [1.29, 1.82) is 0 Å². The van der Waals surface area contributed by atoms with Gasteiger partial charge in [-0.3, -0.25) is 14.4 Å². The van der Waals surface area contributed by atoms with Gasteiger partial charge in [0.05, 0.1) is 30.0 Å². The number of allylic oxidation sites excluding steroid dienone is 1. The molecule has 6 nitrogen and oxygen atoms in total. The summed E-state index contributed by atoms with van der Waals surface area (Å²) in [5, 5.41) is 1.96. The zero-order valence-corrected chi connectivity index (χ0v) is 21.2. The van der Waals surface area contributed by atoms with E-state index < -0.39 is 23.7 Å². The Hall–Kier alpha value is -4.71. The number of imide groups is 1. The minimum atomic E-state index is -0.881. The van der Waals surface area contributed by atoms with Crippen LogP contribution >= 0.6 is 0 Å². The molecule has 2 aliphatic heterocycles. The van der Waals surface area contributed by atoms with Crippen molar-refractivity contribution in [3.05, 3.63) is 108 Å². The Bertz CT molecular complexity index is 1670. The summed E-state index contributed by atoms with van der Waals surface area (Å²) in [6.45, 7) is 2.41. The molecule has 39 heavy (non-hydrogen) atoms. The van der Waals surface area contributed by atoms with Crippen LogP contribution in [-0.2, 0) is 14.4 Å². The maximum absolute atomic E-state index is 14.2. The van der Waals surface area contributed by atoms with Crippen LogP contribution in [0.4, 0.5) is 5.69 Å². The van der Waals surface area contributed by atoms with E-state index in [-0.39, 0.29) is 17.7 Å². The molecule has 0 aromatic heterocycles. The van der Waals surface area contributed by atoms with E-state index >= 15 is 0 Å². The number of carbonyl (C=O) groups is 3. The molecule has 192 valence electrons. The molecule has 0 spiro atoms. The fourth-order valence-corrected chi connectivity index (χ4v) is 6.45. The van der Waals surface area contributed by atoms with Crippen LogP contribution in [0.15, 0.2) is 97.1 Å². The smallest absolute Gasteiger partial charge is 0.319 e. The molecule has 0 radical (unpaired) electrons. The third-order valence-corrected chi connectivity index (χ3v) is 8.07. The summed E-state index contributed by atoms with van der Waals surface area (Å²) in [7, 11) is 0. The van der Waals surface area contributed by atoms with E-state index in [9.17, 15) is 14.4 Å². The van der Waals surface area contributed by atoms with Crippen molar-refractivity contribution in [1.82, 2.24) is 0 Å². The van der Waals surface area contributed by atoms with Gasteiger partial charge in [-0.1, -0.05) is 66.7 Å². The van der Waals surface area contributed by atoms with Crippen molar-refractivity contribution in [3.8, 4) is 11.5 Å². The maximum Gasteiger partial charge on any atom is 0.319 e. The molecule has 3 aliphatic rings. The van der Waals surface area contributed by atoms with Crippen LogP contribution in [-0.4, -0.2) is 24.4 Å². The maximum atomic E-state index is 14.2. The SMILES string of the molecule is CCOc1ccc(N2C(=O)[C@@H]3[C@@H]4C(=O)Oc5ccc6ccccc6c5C4=C[C@H](c4ccccc4)[C@H]3C2=O)cc1. The lowest BCUT2D eigenvalue weighted by Gasteiger charge is -2.38. The Morgan fingerprint density at radius 2 is 1.51 bits per heavy atom. The van der Waals surface area contributed by atoms with E-state index in [1.54, 1.807) is 24.3 Å². The quantitative estimate of drug-likeness (QED) is 0.196. The van der Waals surface area contributed by atoms with E-state index in [1.165, 1.54) is 4.90 Å². The number of hydrogen-bond acceptors (Lipinski definition) is 5. The zero-order chi connectivity index (χ0) is 26.7. The van der Waals surface area contributed by atoms with Gasteiger partial charge in [-0.2, -0.15) is 0 Å². The molecule has 1 saturated heterocycles. The summed E-state index contributed by atoms with van der Waals surface area (Å²) in [6.07, 6.45) is 2.03. The normalized spacial score (nSPS) is 23.6. The first-order valence-electron chi connectivity index (χ1n) is 13.2. The van der Waals surface area contributed by atoms with Crippen LogP contribution in [0.2, 0.25) is 0 Å². The lowest BCUT2D eigenvalue weighted by atomic mass is 9.64. The van der Waals surface area contributed by atoms with Gasteiger partial charge in [-0.25, -0.2) is 4.90 Å². The summed E-state index contributed by atoms with van der Waals surface area (Å²) in [6, 6.07) is 28.3. The number of carbonyl (C=O) groups excluding carboxylic acids is 3. The fourth-order valence-electron chi connectivity index (χ4n) is 6.45. The molecule has 0 unspecified atom stereocenters. The standard InChI is InChI=1S/C33H25NO5/c1-2-38-22-15-13-21(14-16-22)34-31(35)28-24(19-8-4-3-5-9-19)18-25-27-23-11-7-6-10-20(23)12-17-26(27)39-33(37)29(25)30(28)32(34)36/h3-18,24,28-30H,2H2,1H3/t24-,28-,29-,30+/m1/s1. The number of rotatable bonds is 4. The highest BCUT2D eigenvalue weighted by Crippen LogP contribution is 2.55. The highest BCUT2D eigenvalue weighted by Gasteiger charge is 2.60. The third kappa shape index (κ3) is 3.52. The van der Waals surface area contributed by atoms with E-state index in [4.69, 9.17) is 9.47 Å². The van der Waals surface area contributed by atoms with Crippen LogP contribution in [0.3, 0.4) is 0 Å². The van der Waals surface area contributed by atoms with E-state index in [0.29, 0.717) is 23.8 Å². The number of esters is 1. The number of ether oxygens (including phenoxy) is 2. The molecule has 0 saturated carbocycles. The van der Waals surface area contributed by atoms with Gasteiger partial charge in [0.25, 0.3) is 0 Å². The highest BCUT2D eigenvalue weighted by molar-refractivity contribution is 6.25. The highest BCUT2D eigenvalue weighted by atomic mass is 16.5. The molecule has 7 rings (SSSR count). The molecule has 6 heteroatoms. The number of hydrogen-bond donors (Lipinski definition) is 0. The van der Waals surface area contributed by atoms with Crippen molar-refractivity contribution in [2.24, 2.45) is 17.8 Å². The predicted octanol–water partition coefficient (Wildman–Crippen LogP) is 5.76. The van der Waals surface area contributed by atoms with Crippen molar-refractivity contribution in [2.75, 3.05) is 11.5 Å². The van der Waals surface area contributed by atoms with Crippen LogP contribution in [0, 0.1) is 17.8 Å². The molecule has 0 N–H and O–H groups in total. The second-order valence-corrected chi connectivity index (χ2v) is 10.1. The summed E-state index contributed by atoms with van der Waals surface area (Å²) in [5.74, 6) is -2.93. The number of amides is 2. The first-order valence-corrected chi connectivity index (χ1v) is 13.2. The van der Waals surface area contributed by atoms with Crippen molar-refractivity contribution >= 4 is 39.8 Å². The summed E-state index contributed by atoms with van der Waals surface area (Å²) in [4.78, 5) is 43.0. The van der Waals surface area contributed by atoms with Crippen LogP contribution in [0.1, 0.15) is 24.0 Å². The fraction of sp³-hybridized carbons (Fsp3) is 0.182. The van der Waals surface area contributed by atoms with Gasteiger partial charge in [0.1, 0.15) is 11.5 Å². The van der Waals surface area contributed by atoms with Gasteiger partial charge >= 0.3 is 5.97 Å². The number of nitrogens with zero attached hydrogens (tertiary/aromatic N) is 1. The Labute approximate surface area is 225 Å². The first kappa shape index (κ1) is 23.4. The lowest BCUT2D eigenvalue weighted by molar-refractivity contribution is -0.142. The van der Waals surface area contributed by atoms with Gasteiger partial charge < -0.3 is 9.47 Å². The minimum Gasteiger partial charge on any atom is -0.494 e. The monoisotopic (exact) mass is 515 g/mol. The van der Waals surface area contributed by atoms with Gasteiger partial charge in [-0.15, -0.1) is 0 Å². The molecule has 1 fully saturated rings. The molecular formula is C33H25NO5. The molecule has 2 heterocycles. The topological polar surface area (TPSA) is 72.9 Å². The van der Waals surface area contributed by atoms with Gasteiger partial charge in [0, 0.05) is 11.5 Å². The van der Waals surface area contributed by atoms with Crippen molar-refractivity contribution in [3.63, 3.8) is 0 Å². The van der Waals surface area contributed by atoms with Crippen LogP contribution < -0.4 is 14.4 Å². The van der Waals surface area contributed by atoms with Crippen molar-refractivity contribution < 1.29 is 23.9 Å². The molecule has 4 aromatic rings. The second kappa shape index (κ2) is 8.95. The molecule has 4 atom stereocenters. The summed E-state index contributed by atoms with van der Waals surface area (Å²) >= 11 is 0. The Morgan fingerprint density at radius 3 is 2.28 bits per heavy atom. The van der Waals surface area contributed by atoms with Gasteiger partial charge in [0.2, 0.25) is 11.8 Å². The Kier molecular flexibility index (Phi) is 5.37. The predicted molar refractivity (Wildman–Crippen MR) is 147 cm³/mol. The molecule has 2 amide bonds. The minimum absolute atomic E-state index is 0.310. The van der Waals surface area contributed by atoms with Crippen molar-refractivity contribution in [2.45, 2.75) is 12.8 Å². The van der Waals surface area contributed by atoms with Crippen LogP contribution in [0.5, 0.6) is 11.5 Å². The number of benzene rings is 4. The van der Waals surface area contributed by atoms with Crippen LogP contribution in [0.25, 0.3) is 16.3 Å². The first-order chi connectivity index (χ1) is 19.1.